The molecule has 178 valence electrons. The van der Waals surface area contributed by atoms with Gasteiger partial charge in [0, 0.05) is 16.6 Å². The summed E-state index contributed by atoms with van der Waals surface area (Å²) in [7, 11) is 0. The third-order valence-corrected chi connectivity index (χ3v) is 6.81. The molecule has 1 N–H and O–H groups in total. The molecule has 1 fully saturated rings. The van der Waals surface area contributed by atoms with E-state index in [1.165, 1.54) is 5.56 Å². The lowest BCUT2D eigenvalue weighted by Crippen LogP contribution is -2.31. The maximum atomic E-state index is 12.4. The van der Waals surface area contributed by atoms with Gasteiger partial charge in [0.25, 0.3) is 5.91 Å². The molecule has 3 atom stereocenters. The number of carbonyl (C=O) groups excluding carboxylic acids is 1. The second-order valence-corrected chi connectivity index (χ2v) is 9.81. The number of rotatable bonds is 7. The van der Waals surface area contributed by atoms with Crippen LogP contribution >= 0.6 is 11.6 Å². The Balaban J connectivity index is 1.42. The van der Waals surface area contributed by atoms with E-state index >= 15 is 0 Å². The molecule has 0 bridgehead atoms. The highest BCUT2D eigenvalue weighted by atomic mass is 35.5. The van der Waals surface area contributed by atoms with Crippen molar-refractivity contribution < 1.29 is 14.3 Å². The molecule has 0 saturated carbocycles. The molecule has 1 aliphatic rings. The third kappa shape index (κ3) is 5.99. The summed E-state index contributed by atoms with van der Waals surface area (Å²) in [5.74, 6) is 1.62. The van der Waals surface area contributed by atoms with Crippen LogP contribution in [0.2, 0.25) is 5.02 Å². The van der Waals surface area contributed by atoms with E-state index in [-0.39, 0.29) is 18.6 Å². The monoisotopic (exact) mass is 477 g/mol. The van der Waals surface area contributed by atoms with Crippen molar-refractivity contribution in [3.8, 4) is 5.75 Å². The zero-order chi connectivity index (χ0) is 24.1. The Labute approximate surface area is 207 Å². The average molecular weight is 478 g/mol. The van der Waals surface area contributed by atoms with E-state index in [1.54, 1.807) is 0 Å². The summed E-state index contributed by atoms with van der Waals surface area (Å²) >= 11 is 6.23. The molecule has 34 heavy (non-hydrogen) atoms. The second-order valence-electron chi connectivity index (χ2n) is 9.37. The van der Waals surface area contributed by atoms with Crippen LogP contribution in [0.4, 0.5) is 5.69 Å². The molecule has 4 rings (SSSR count). The zero-order valence-corrected chi connectivity index (χ0v) is 20.7. The molecule has 0 aliphatic carbocycles. The molecular formula is C29H32ClNO3. The van der Waals surface area contributed by atoms with Crippen molar-refractivity contribution in [3.05, 3.63) is 94.5 Å². The van der Waals surface area contributed by atoms with E-state index in [9.17, 15) is 4.79 Å². The molecule has 3 aromatic rings. The Morgan fingerprint density at radius 2 is 1.82 bits per heavy atom. The van der Waals surface area contributed by atoms with Crippen LogP contribution in [0.25, 0.3) is 0 Å². The molecule has 1 aliphatic heterocycles. The first-order chi connectivity index (χ1) is 16.4. The number of halogens is 1. The van der Waals surface area contributed by atoms with Gasteiger partial charge in [-0.3, -0.25) is 4.79 Å². The van der Waals surface area contributed by atoms with Crippen LogP contribution in [0.3, 0.4) is 0 Å². The lowest BCUT2D eigenvalue weighted by molar-refractivity contribution is -0.118. The summed E-state index contributed by atoms with van der Waals surface area (Å²) in [5, 5.41) is 3.67. The van der Waals surface area contributed by atoms with E-state index in [0.29, 0.717) is 30.1 Å². The van der Waals surface area contributed by atoms with Gasteiger partial charge in [0.05, 0.1) is 12.7 Å². The van der Waals surface area contributed by atoms with E-state index in [0.717, 1.165) is 28.3 Å². The molecule has 1 saturated heterocycles. The number of ether oxygens (including phenoxy) is 2. The Bertz CT molecular complexity index is 1130. The van der Waals surface area contributed by atoms with Crippen molar-refractivity contribution >= 4 is 23.2 Å². The van der Waals surface area contributed by atoms with Gasteiger partial charge in [-0.05, 0) is 72.2 Å². The second kappa shape index (κ2) is 11.1. The Morgan fingerprint density at radius 3 is 2.59 bits per heavy atom. The fraction of sp³-hybridized carbons (Fsp3) is 0.345. The molecule has 3 aromatic carbocycles. The highest BCUT2D eigenvalue weighted by molar-refractivity contribution is 6.30. The SMILES string of the molecule is Cc1ccccc1NC(=O)COc1cccc([C@@H]2OC[C@@H](c3cccc(Cl)c3)C[C@H]2C(C)C)c1. The van der Waals surface area contributed by atoms with Gasteiger partial charge in [-0.2, -0.15) is 0 Å². The van der Waals surface area contributed by atoms with E-state index in [1.807, 2.05) is 67.6 Å². The number of hydrogen-bond acceptors (Lipinski definition) is 3. The van der Waals surface area contributed by atoms with Crippen molar-refractivity contribution in [3.63, 3.8) is 0 Å². The molecule has 5 heteroatoms. The number of nitrogens with one attached hydrogen (secondary N) is 1. The van der Waals surface area contributed by atoms with Gasteiger partial charge in [-0.1, -0.05) is 67.9 Å². The lowest BCUT2D eigenvalue weighted by atomic mass is 9.76. The van der Waals surface area contributed by atoms with Gasteiger partial charge in [0.1, 0.15) is 5.75 Å². The minimum atomic E-state index is -0.182. The van der Waals surface area contributed by atoms with Gasteiger partial charge in [0.2, 0.25) is 0 Å². The summed E-state index contributed by atoms with van der Waals surface area (Å²) < 4.78 is 12.3. The van der Waals surface area contributed by atoms with Crippen LogP contribution in [0, 0.1) is 18.8 Å². The number of carbonyl (C=O) groups is 1. The highest BCUT2D eigenvalue weighted by Gasteiger charge is 2.35. The summed E-state index contributed by atoms with van der Waals surface area (Å²) in [6.45, 7) is 7.06. The molecule has 4 nitrogen and oxygen atoms in total. The summed E-state index contributed by atoms with van der Waals surface area (Å²) in [5.41, 5.74) is 4.13. The first kappa shape index (κ1) is 24.3. The number of hydrogen-bond donors (Lipinski definition) is 1. The molecular weight excluding hydrogens is 446 g/mol. The number of anilines is 1. The minimum absolute atomic E-state index is 0.0141. The highest BCUT2D eigenvalue weighted by Crippen LogP contribution is 2.44. The van der Waals surface area contributed by atoms with Crippen LogP contribution in [0.5, 0.6) is 5.75 Å². The minimum Gasteiger partial charge on any atom is -0.484 e. The summed E-state index contributed by atoms with van der Waals surface area (Å²) in [6, 6.07) is 23.7. The van der Waals surface area contributed by atoms with Crippen LogP contribution < -0.4 is 10.1 Å². The maximum Gasteiger partial charge on any atom is 0.262 e. The maximum absolute atomic E-state index is 12.4. The lowest BCUT2D eigenvalue weighted by Gasteiger charge is -2.39. The average Bonchev–Trinajstić information content (AvgIpc) is 2.84. The smallest absolute Gasteiger partial charge is 0.262 e. The Hall–Kier alpha value is -2.82. The predicted molar refractivity (Wildman–Crippen MR) is 138 cm³/mol. The Kier molecular flexibility index (Phi) is 7.91. The number of benzene rings is 3. The van der Waals surface area contributed by atoms with Crippen molar-refractivity contribution in [1.82, 2.24) is 0 Å². The molecule has 0 spiro atoms. The topological polar surface area (TPSA) is 47.6 Å². The van der Waals surface area contributed by atoms with E-state index in [2.05, 4.69) is 31.3 Å². The van der Waals surface area contributed by atoms with E-state index in [4.69, 9.17) is 21.1 Å². The largest absolute Gasteiger partial charge is 0.484 e. The zero-order valence-electron chi connectivity index (χ0n) is 20.0. The normalized spacial score (nSPS) is 20.2. The van der Waals surface area contributed by atoms with Gasteiger partial charge < -0.3 is 14.8 Å². The summed E-state index contributed by atoms with van der Waals surface area (Å²) in [6.07, 6.45) is 1.02. The van der Waals surface area contributed by atoms with E-state index < -0.39 is 0 Å². The fourth-order valence-corrected chi connectivity index (χ4v) is 4.85. The fourth-order valence-electron chi connectivity index (χ4n) is 4.65. The van der Waals surface area contributed by atoms with Crippen LogP contribution in [-0.4, -0.2) is 19.1 Å². The first-order valence-corrected chi connectivity index (χ1v) is 12.2. The quantitative estimate of drug-likeness (QED) is 0.392. The number of amides is 1. The predicted octanol–water partition coefficient (Wildman–Crippen LogP) is 7.18. The number of para-hydroxylation sites is 1. The van der Waals surface area contributed by atoms with Crippen LogP contribution in [0.1, 0.15) is 49.0 Å². The third-order valence-electron chi connectivity index (χ3n) is 6.57. The molecule has 0 unspecified atom stereocenters. The Morgan fingerprint density at radius 1 is 1.06 bits per heavy atom. The van der Waals surface area contributed by atoms with Crippen molar-refractivity contribution in [2.24, 2.45) is 11.8 Å². The molecule has 1 heterocycles. The van der Waals surface area contributed by atoms with Crippen molar-refractivity contribution in [1.29, 1.82) is 0 Å². The molecule has 0 aromatic heterocycles. The van der Waals surface area contributed by atoms with Gasteiger partial charge in [-0.15, -0.1) is 0 Å². The van der Waals surface area contributed by atoms with Gasteiger partial charge in [0.15, 0.2) is 6.61 Å². The van der Waals surface area contributed by atoms with Crippen molar-refractivity contribution in [2.45, 2.75) is 39.2 Å². The first-order valence-electron chi connectivity index (χ1n) is 11.9. The van der Waals surface area contributed by atoms with Gasteiger partial charge >= 0.3 is 0 Å². The number of aryl methyl sites for hydroxylation is 1. The van der Waals surface area contributed by atoms with Crippen LogP contribution in [-0.2, 0) is 9.53 Å². The van der Waals surface area contributed by atoms with Crippen LogP contribution in [0.15, 0.2) is 72.8 Å². The van der Waals surface area contributed by atoms with Gasteiger partial charge in [-0.25, -0.2) is 0 Å². The molecule has 1 amide bonds. The summed E-state index contributed by atoms with van der Waals surface area (Å²) in [4.78, 5) is 12.4. The standard InChI is InChI=1S/C29H32ClNO3/c1-19(2)26-16-23(21-9-6-11-24(30)14-21)17-34-29(26)22-10-7-12-25(15-22)33-18-28(32)31-27-13-5-4-8-20(27)3/h4-15,19,23,26,29H,16-18H2,1-3H3,(H,31,32)/t23-,26-,29-/m0/s1. The molecule has 0 radical (unpaired) electrons. The van der Waals surface area contributed by atoms with Crippen molar-refractivity contribution in [2.75, 3.05) is 18.5 Å².